The number of nitrogens with zero attached hydrogens (tertiary/aromatic N) is 4. The molecule has 3 aromatic rings. The molecule has 1 aliphatic heterocycles. The first kappa shape index (κ1) is 16.0. The monoisotopic (exact) mass is 356 g/mol. The molecule has 2 aromatic heterocycles. The van der Waals surface area contributed by atoms with Gasteiger partial charge in [-0.1, -0.05) is 6.07 Å². The topological polar surface area (TPSA) is 51.0 Å². The van der Waals surface area contributed by atoms with E-state index in [9.17, 15) is 9.18 Å². The van der Waals surface area contributed by atoms with E-state index < -0.39 is 0 Å². The van der Waals surface area contributed by atoms with Gasteiger partial charge in [0.05, 0.1) is 11.7 Å². The van der Waals surface area contributed by atoms with E-state index in [0.717, 1.165) is 12.8 Å². The van der Waals surface area contributed by atoms with Crippen molar-refractivity contribution in [2.75, 3.05) is 6.54 Å². The fourth-order valence-electron chi connectivity index (χ4n) is 3.22. The van der Waals surface area contributed by atoms with E-state index >= 15 is 0 Å². The number of benzene rings is 1. The van der Waals surface area contributed by atoms with E-state index in [-0.39, 0.29) is 23.6 Å². The minimum Gasteiger partial charge on any atom is -0.328 e. The Labute approximate surface area is 148 Å². The van der Waals surface area contributed by atoms with Crippen LogP contribution in [0.15, 0.2) is 41.8 Å². The average molecular weight is 356 g/mol. The second-order valence-electron chi connectivity index (χ2n) is 6.04. The predicted molar refractivity (Wildman–Crippen MR) is 93.4 cm³/mol. The summed E-state index contributed by atoms with van der Waals surface area (Å²) in [7, 11) is 0. The Morgan fingerprint density at radius 3 is 2.80 bits per heavy atom. The van der Waals surface area contributed by atoms with Crippen LogP contribution in [-0.4, -0.2) is 32.1 Å². The SMILES string of the molecule is Cc1nc(C(=O)N2CCC[C@H]2c2cccs2)nn1-c1ccc(F)cc1. The summed E-state index contributed by atoms with van der Waals surface area (Å²) in [5.41, 5.74) is 0.682. The molecule has 25 heavy (non-hydrogen) atoms. The maximum atomic E-state index is 13.1. The van der Waals surface area contributed by atoms with Gasteiger partial charge in [0.1, 0.15) is 11.6 Å². The standard InChI is InChI=1S/C18H17FN4OS/c1-12-20-17(21-23(12)14-8-6-13(19)7-9-14)18(24)22-10-2-4-15(22)16-5-3-11-25-16/h3,5-9,11,15H,2,4,10H2,1H3/t15-/m0/s1. The number of rotatable bonds is 3. The summed E-state index contributed by atoms with van der Waals surface area (Å²) in [6.07, 6.45) is 1.94. The molecular formula is C18H17FN4OS. The van der Waals surface area contributed by atoms with Crippen LogP contribution in [0.2, 0.25) is 0 Å². The van der Waals surface area contributed by atoms with Crippen LogP contribution >= 0.6 is 11.3 Å². The van der Waals surface area contributed by atoms with Crippen LogP contribution in [0, 0.1) is 12.7 Å². The number of amides is 1. The molecule has 1 fully saturated rings. The lowest BCUT2D eigenvalue weighted by Gasteiger charge is -2.22. The van der Waals surface area contributed by atoms with Crippen molar-refractivity contribution in [3.05, 3.63) is 64.1 Å². The third kappa shape index (κ3) is 2.95. The van der Waals surface area contributed by atoms with Crippen LogP contribution in [0.1, 0.15) is 40.2 Å². The Morgan fingerprint density at radius 2 is 2.08 bits per heavy atom. The van der Waals surface area contributed by atoms with Gasteiger partial charge in [0.15, 0.2) is 0 Å². The molecular weight excluding hydrogens is 339 g/mol. The molecule has 1 aromatic carbocycles. The molecule has 5 nitrogen and oxygen atoms in total. The van der Waals surface area contributed by atoms with Crippen molar-refractivity contribution < 1.29 is 9.18 Å². The second kappa shape index (κ2) is 6.40. The van der Waals surface area contributed by atoms with E-state index in [0.29, 0.717) is 18.1 Å². The first-order valence-corrected chi connectivity index (χ1v) is 9.05. The molecule has 128 valence electrons. The summed E-state index contributed by atoms with van der Waals surface area (Å²) in [5, 5.41) is 6.40. The molecule has 7 heteroatoms. The zero-order chi connectivity index (χ0) is 17.4. The average Bonchev–Trinajstić information content (AvgIpc) is 3.35. The van der Waals surface area contributed by atoms with Crippen molar-refractivity contribution in [1.29, 1.82) is 0 Å². The Hall–Kier alpha value is -2.54. The van der Waals surface area contributed by atoms with Crippen LogP contribution in [0.5, 0.6) is 0 Å². The highest BCUT2D eigenvalue weighted by Crippen LogP contribution is 2.35. The van der Waals surface area contributed by atoms with Crippen molar-refractivity contribution in [2.24, 2.45) is 0 Å². The molecule has 3 heterocycles. The molecule has 0 radical (unpaired) electrons. The molecule has 0 N–H and O–H groups in total. The van der Waals surface area contributed by atoms with Crippen molar-refractivity contribution in [2.45, 2.75) is 25.8 Å². The molecule has 0 aliphatic carbocycles. The Morgan fingerprint density at radius 1 is 1.28 bits per heavy atom. The van der Waals surface area contributed by atoms with E-state index in [1.54, 1.807) is 35.1 Å². The summed E-state index contributed by atoms with van der Waals surface area (Å²) in [4.78, 5) is 20.3. The number of hydrogen-bond donors (Lipinski definition) is 0. The highest BCUT2D eigenvalue weighted by Gasteiger charge is 2.33. The van der Waals surface area contributed by atoms with E-state index in [2.05, 4.69) is 16.1 Å². The number of halogens is 1. The molecule has 1 atom stereocenters. The number of carbonyl (C=O) groups is 1. The van der Waals surface area contributed by atoms with Crippen LogP contribution in [0.25, 0.3) is 5.69 Å². The lowest BCUT2D eigenvalue weighted by molar-refractivity contribution is 0.0725. The van der Waals surface area contributed by atoms with Crippen LogP contribution in [0.4, 0.5) is 4.39 Å². The summed E-state index contributed by atoms with van der Waals surface area (Å²) >= 11 is 1.67. The summed E-state index contributed by atoms with van der Waals surface area (Å²) in [6.45, 7) is 2.50. The Bertz CT molecular complexity index is 888. The first-order chi connectivity index (χ1) is 12.1. The number of thiophene rings is 1. The minimum atomic E-state index is -0.311. The molecule has 0 saturated carbocycles. The highest BCUT2D eigenvalue weighted by atomic mass is 32.1. The van der Waals surface area contributed by atoms with Gasteiger partial charge in [0, 0.05) is 11.4 Å². The quantitative estimate of drug-likeness (QED) is 0.718. The number of hydrogen-bond acceptors (Lipinski definition) is 4. The van der Waals surface area contributed by atoms with Gasteiger partial charge in [-0.15, -0.1) is 16.4 Å². The van der Waals surface area contributed by atoms with E-state index in [1.807, 2.05) is 16.3 Å². The highest BCUT2D eigenvalue weighted by molar-refractivity contribution is 7.10. The fraction of sp³-hybridized carbons (Fsp3) is 0.278. The van der Waals surface area contributed by atoms with Gasteiger partial charge in [0.25, 0.3) is 5.91 Å². The third-order valence-corrected chi connectivity index (χ3v) is 5.39. The third-order valence-electron chi connectivity index (χ3n) is 4.42. The summed E-state index contributed by atoms with van der Waals surface area (Å²) in [5.74, 6) is 0.320. The second-order valence-corrected chi connectivity index (χ2v) is 7.02. The van der Waals surface area contributed by atoms with Crippen LogP contribution in [0.3, 0.4) is 0 Å². The molecule has 1 saturated heterocycles. The van der Waals surface area contributed by atoms with Gasteiger partial charge in [-0.05, 0) is 55.5 Å². The first-order valence-electron chi connectivity index (χ1n) is 8.17. The van der Waals surface area contributed by atoms with Crippen LogP contribution in [-0.2, 0) is 0 Å². The van der Waals surface area contributed by atoms with Crippen molar-refractivity contribution in [3.63, 3.8) is 0 Å². The molecule has 4 rings (SSSR count). The molecule has 1 amide bonds. The van der Waals surface area contributed by atoms with Crippen LogP contribution < -0.4 is 0 Å². The van der Waals surface area contributed by atoms with E-state index in [1.165, 1.54) is 17.0 Å². The van der Waals surface area contributed by atoms with Gasteiger partial charge < -0.3 is 4.90 Å². The summed E-state index contributed by atoms with van der Waals surface area (Å²) in [6, 6.07) is 10.1. The van der Waals surface area contributed by atoms with Gasteiger partial charge >= 0.3 is 0 Å². The smallest absolute Gasteiger partial charge is 0.294 e. The predicted octanol–water partition coefficient (Wildman–Crippen LogP) is 3.75. The zero-order valence-electron chi connectivity index (χ0n) is 13.7. The minimum absolute atomic E-state index is 0.102. The number of likely N-dealkylation sites (tertiary alicyclic amines) is 1. The van der Waals surface area contributed by atoms with Gasteiger partial charge in [-0.3, -0.25) is 4.79 Å². The lowest BCUT2D eigenvalue weighted by atomic mass is 10.2. The number of carbonyl (C=O) groups excluding carboxylic acids is 1. The molecule has 0 unspecified atom stereocenters. The molecule has 0 bridgehead atoms. The van der Waals surface area contributed by atoms with Crippen molar-refractivity contribution >= 4 is 17.2 Å². The number of aromatic nitrogens is 3. The maximum absolute atomic E-state index is 13.1. The fourth-order valence-corrected chi connectivity index (χ4v) is 4.10. The summed E-state index contributed by atoms with van der Waals surface area (Å²) < 4.78 is 14.7. The lowest BCUT2D eigenvalue weighted by Crippen LogP contribution is -2.31. The van der Waals surface area contributed by atoms with Gasteiger partial charge in [-0.2, -0.15) is 0 Å². The van der Waals surface area contributed by atoms with Gasteiger partial charge in [-0.25, -0.2) is 14.1 Å². The van der Waals surface area contributed by atoms with Gasteiger partial charge in [0.2, 0.25) is 5.82 Å². The normalized spacial score (nSPS) is 17.2. The maximum Gasteiger partial charge on any atom is 0.294 e. The van der Waals surface area contributed by atoms with E-state index in [4.69, 9.17) is 0 Å². The number of aryl methyl sites for hydroxylation is 1. The Balaban J connectivity index is 1.62. The molecule has 0 spiro atoms. The Kier molecular flexibility index (Phi) is 4.09. The van der Waals surface area contributed by atoms with Crippen molar-refractivity contribution in [1.82, 2.24) is 19.7 Å². The largest absolute Gasteiger partial charge is 0.328 e. The van der Waals surface area contributed by atoms with Crippen molar-refractivity contribution in [3.8, 4) is 5.69 Å². The zero-order valence-corrected chi connectivity index (χ0v) is 14.5. The molecule has 1 aliphatic rings.